The molecule has 1 unspecified atom stereocenters. The number of carbonyl (C=O) groups excluding carboxylic acids is 1. The largest absolute Gasteiger partial charge is 0.434 e. The number of benzene rings is 1. The lowest BCUT2D eigenvalue weighted by Crippen LogP contribution is -2.56. The maximum absolute atomic E-state index is 12.1. The first-order valence-electron chi connectivity index (χ1n) is 7.04. The fraction of sp³-hybridized carbons (Fsp3) is 0.467. The Labute approximate surface area is 134 Å². The minimum absolute atomic E-state index is 0.269. The van der Waals surface area contributed by atoms with Gasteiger partial charge >= 0.3 is 12.1 Å². The molecule has 0 N–H and O–H groups in total. The second kappa shape index (κ2) is 5.22. The summed E-state index contributed by atoms with van der Waals surface area (Å²) in [5, 5.41) is 1.50. The second-order valence-electron chi connectivity index (χ2n) is 5.66. The summed E-state index contributed by atoms with van der Waals surface area (Å²) in [7, 11) is 1.50. The van der Waals surface area contributed by atoms with Gasteiger partial charge in [0.1, 0.15) is 5.54 Å². The van der Waals surface area contributed by atoms with E-state index >= 15 is 0 Å². The fourth-order valence-corrected chi connectivity index (χ4v) is 3.12. The van der Waals surface area contributed by atoms with Crippen molar-refractivity contribution in [1.82, 2.24) is 9.96 Å². The number of amides is 1. The highest BCUT2D eigenvalue weighted by Crippen LogP contribution is 2.44. The molecule has 1 saturated heterocycles. The number of methoxy groups -OCH3 is 1. The average molecular weight is 324 g/mol. The molecule has 1 amide bonds. The van der Waals surface area contributed by atoms with Crippen molar-refractivity contribution < 1.29 is 14.4 Å². The van der Waals surface area contributed by atoms with Crippen LogP contribution < -0.4 is 0 Å². The molecular formula is C15H18ClN3O3. The number of ether oxygens (including phenoxy) is 1. The zero-order chi connectivity index (χ0) is 16.0. The molecule has 0 bridgehead atoms. The van der Waals surface area contributed by atoms with E-state index in [-0.39, 0.29) is 12.4 Å². The molecule has 3 rings (SSSR count). The van der Waals surface area contributed by atoms with Crippen molar-refractivity contribution in [2.45, 2.75) is 25.4 Å². The highest BCUT2D eigenvalue weighted by Gasteiger charge is 2.65. The molecule has 0 aliphatic carbocycles. The van der Waals surface area contributed by atoms with Gasteiger partial charge in [0.05, 0.1) is 5.71 Å². The van der Waals surface area contributed by atoms with E-state index in [9.17, 15) is 4.79 Å². The van der Waals surface area contributed by atoms with Crippen LogP contribution in [0.3, 0.4) is 0 Å². The van der Waals surface area contributed by atoms with Gasteiger partial charge in [0.15, 0.2) is 0 Å². The smallest absolute Gasteiger partial charge is 0.343 e. The van der Waals surface area contributed by atoms with Crippen LogP contribution in [0.4, 0.5) is 4.79 Å². The van der Waals surface area contributed by atoms with Crippen molar-refractivity contribution in [2.24, 2.45) is 4.99 Å². The molecule has 1 atom stereocenters. The predicted molar refractivity (Wildman–Crippen MR) is 82.5 cm³/mol. The summed E-state index contributed by atoms with van der Waals surface area (Å²) in [6.07, 6.45) is -0.508. The number of carbonyl (C=O) groups is 1. The SMILES string of the molecule is COC12N=C(c3ccccc3)C(C)(C)N1OC(=O)N2CCCl. The summed E-state index contributed by atoms with van der Waals surface area (Å²) in [6.45, 7) is 4.17. The van der Waals surface area contributed by atoms with Crippen molar-refractivity contribution in [2.75, 3.05) is 19.5 Å². The molecule has 22 heavy (non-hydrogen) atoms. The van der Waals surface area contributed by atoms with Crippen LogP contribution >= 0.6 is 11.6 Å². The maximum atomic E-state index is 12.1. The monoisotopic (exact) mass is 323 g/mol. The van der Waals surface area contributed by atoms with Gasteiger partial charge in [-0.3, -0.25) is 0 Å². The van der Waals surface area contributed by atoms with Gasteiger partial charge in [-0.1, -0.05) is 35.4 Å². The second-order valence-corrected chi connectivity index (χ2v) is 6.03. The molecule has 0 radical (unpaired) electrons. The molecule has 1 aromatic carbocycles. The Balaban J connectivity index is 2.12. The van der Waals surface area contributed by atoms with Crippen LogP contribution in [-0.2, 0) is 9.57 Å². The van der Waals surface area contributed by atoms with E-state index in [1.807, 2.05) is 44.2 Å². The van der Waals surface area contributed by atoms with Crippen LogP contribution in [0.2, 0.25) is 0 Å². The van der Waals surface area contributed by atoms with E-state index < -0.39 is 17.6 Å². The van der Waals surface area contributed by atoms with Crippen molar-refractivity contribution in [3.05, 3.63) is 35.9 Å². The summed E-state index contributed by atoms with van der Waals surface area (Å²) in [5.41, 5.74) is 1.12. The van der Waals surface area contributed by atoms with Crippen LogP contribution in [0.1, 0.15) is 19.4 Å². The topological polar surface area (TPSA) is 54.4 Å². The zero-order valence-corrected chi connectivity index (χ0v) is 13.5. The summed E-state index contributed by atoms with van der Waals surface area (Å²) in [6, 6.07) is 9.78. The summed E-state index contributed by atoms with van der Waals surface area (Å²) in [4.78, 5) is 23.7. The van der Waals surface area contributed by atoms with E-state index in [2.05, 4.69) is 0 Å². The van der Waals surface area contributed by atoms with Crippen LogP contribution in [0.25, 0.3) is 0 Å². The quantitative estimate of drug-likeness (QED) is 0.799. The standard InChI is InChI=1S/C15H18ClN3O3/c1-14(2)12(11-7-5-4-6-8-11)17-15(21-3)18(10-9-16)13(20)22-19(14)15/h4-8H,9-10H2,1-3H3. The minimum atomic E-state index is -1.30. The van der Waals surface area contributed by atoms with E-state index in [0.29, 0.717) is 0 Å². The number of hydrogen-bond donors (Lipinski definition) is 0. The van der Waals surface area contributed by atoms with Gasteiger partial charge < -0.3 is 9.57 Å². The summed E-state index contributed by atoms with van der Waals surface area (Å²) in [5.74, 6) is -1.04. The maximum Gasteiger partial charge on any atom is 0.434 e. The number of nitrogens with zero attached hydrogens (tertiary/aromatic N) is 3. The third-order valence-corrected chi connectivity index (χ3v) is 4.15. The van der Waals surface area contributed by atoms with Crippen LogP contribution in [0.15, 0.2) is 35.3 Å². The van der Waals surface area contributed by atoms with Crippen molar-refractivity contribution in [3.8, 4) is 0 Å². The molecule has 1 fully saturated rings. The fourth-order valence-electron chi connectivity index (χ4n) is 2.95. The number of hydroxylamine groups is 2. The summed E-state index contributed by atoms with van der Waals surface area (Å²) >= 11 is 5.81. The number of alkyl halides is 1. The number of rotatable bonds is 4. The molecule has 0 saturated carbocycles. The molecule has 6 nitrogen and oxygen atoms in total. The summed E-state index contributed by atoms with van der Waals surface area (Å²) < 4.78 is 5.61. The Hall–Kier alpha value is -1.63. The van der Waals surface area contributed by atoms with Gasteiger partial charge in [-0.25, -0.2) is 14.7 Å². The first-order valence-corrected chi connectivity index (χ1v) is 7.57. The third-order valence-electron chi connectivity index (χ3n) is 3.98. The Morgan fingerprint density at radius 1 is 1.32 bits per heavy atom. The van der Waals surface area contributed by atoms with Crippen LogP contribution in [-0.4, -0.2) is 52.8 Å². The highest BCUT2D eigenvalue weighted by atomic mass is 35.5. The molecule has 1 aromatic rings. The molecule has 2 aliphatic rings. The predicted octanol–water partition coefficient (Wildman–Crippen LogP) is 2.43. The van der Waals surface area contributed by atoms with Crippen molar-refractivity contribution >= 4 is 23.4 Å². The zero-order valence-electron chi connectivity index (χ0n) is 12.7. The number of hydrogen-bond acceptors (Lipinski definition) is 5. The molecule has 7 heteroatoms. The Morgan fingerprint density at radius 3 is 2.59 bits per heavy atom. The van der Waals surface area contributed by atoms with Gasteiger partial charge in [-0.2, -0.15) is 0 Å². The molecule has 0 spiro atoms. The van der Waals surface area contributed by atoms with Gasteiger partial charge in [-0.15, -0.1) is 11.6 Å². The first-order chi connectivity index (χ1) is 10.5. The Morgan fingerprint density at radius 2 is 2.00 bits per heavy atom. The molecule has 118 valence electrons. The number of fused-ring (bicyclic) bond motifs is 1. The molecule has 0 aromatic heterocycles. The third kappa shape index (κ3) is 1.95. The Kier molecular flexibility index (Phi) is 3.63. The van der Waals surface area contributed by atoms with Crippen molar-refractivity contribution in [1.29, 1.82) is 0 Å². The van der Waals surface area contributed by atoms with E-state index in [4.69, 9.17) is 26.2 Å². The highest BCUT2D eigenvalue weighted by molar-refractivity contribution is 6.18. The van der Waals surface area contributed by atoms with Gasteiger partial charge in [-0.05, 0) is 19.4 Å². The molecule has 2 heterocycles. The van der Waals surface area contributed by atoms with Gasteiger partial charge in [0, 0.05) is 19.5 Å². The lowest BCUT2D eigenvalue weighted by molar-refractivity contribution is -0.274. The normalized spacial score (nSPS) is 26.8. The molecule has 2 aliphatic heterocycles. The van der Waals surface area contributed by atoms with E-state index in [1.165, 1.54) is 17.1 Å². The van der Waals surface area contributed by atoms with Crippen molar-refractivity contribution in [3.63, 3.8) is 0 Å². The van der Waals surface area contributed by atoms with Gasteiger partial charge in [0.25, 0.3) is 0 Å². The van der Waals surface area contributed by atoms with E-state index in [1.54, 1.807) is 0 Å². The molecular weight excluding hydrogens is 306 g/mol. The minimum Gasteiger partial charge on any atom is -0.343 e. The van der Waals surface area contributed by atoms with Crippen LogP contribution in [0, 0.1) is 0 Å². The lowest BCUT2D eigenvalue weighted by atomic mass is 9.93. The van der Waals surface area contributed by atoms with E-state index in [0.717, 1.165) is 11.3 Å². The number of halogens is 1. The lowest BCUT2D eigenvalue weighted by Gasteiger charge is -2.34. The Bertz CT molecular complexity index is 620. The number of aliphatic imine (C=N–C) groups is 1. The first kappa shape index (κ1) is 15.3. The van der Waals surface area contributed by atoms with Crippen LogP contribution in [0.5, 0.6) is 0 Å². The van der Waals surface area contributed by atoms with Gasteiger partial charge in [0.2, 0.25) is 0 Å². The average Bonchev–Trinajstić information content (AvgIpc) is 2.92.